The van der Waals surface area contributed by atoms with Gasteiger partial charge in [0, 0.05) is 37.1 Å². The normalized spacial score (nSPS) is 22.1. The van der Waals surface area contributed by atoms with E-state index in [1.807, 2.05) is 12.1 Å². The Morgan fingerprint density at radius 1 is 1.24 bits per heavy atom. The van der Waals surface area contributed by atoms with Gasteiger partial charge in [0.15, 0.2) is 0 Å². The van der Waals surface area contributed by atoms with E-state index in [2.05, 4.69) is 47.0 Å². The van der Waals surface area contributed by atoms with Gasteiger partial charge in [-0.25, -0.2) is 5.43 Å². The van der Waals surface area contributed by atoms with Gasteiger partial charge in [-0.2, -0.15) is 0 Å². The Balaban J connectivity index is 1.78. The van der Waals surface area contributed by atoms with E-state index in [0.29, 0.717) is 12.0 Å². The molecule has 4 nitrogen and oxygen atoms in total. The van der Waals surface area contributed by atoms with Crippen LogP contribution in [0.25, 0.3) is 0 Å². The van der Waals surface area contributed by atoms with Crippen LogP contribution in [0.3, 0.4) is 0 Å². The average molecular weight is 311 g/mol. The molecule has 0 spiro atoms. The Kier molecular flexibility index (Phi) is 6.93. The number of hydrogen-bond donors (Lipinski definition) is 3. The van der Waals surface area contributed by atoms with Crippen LogP contribution in [-0.2, 0) is 0 Å². The Bertz CT molecular complexity index is 405. The van der Waals surface area contributed by atoms with Crippen LogP contribution in [0.5, 0.6) is 0 Å². The lowest BCUT2D eigenvalue weighted by Gasteiger charge is -2.21. The predicted molar refractivity (Wildman–Crippen MR) is 89.5 cm³/mol. The molecular formula is C16H27ClN4. The average Bonchev–Trinajstić information content (AvgIpc) is 2.97. The second-order valence-electron chi connectivity index (χ2n) is 5.55. The summed E-state index contributed by atoms with van der Waals surface area (Å²) in [6.07, 6.45) is 0. The summed E-state index contributed by atoms with van der Waals surface area (Å²) in [5.74, 6) is 0.558. The van der Waals surface area contributed by atoms with Gasteiger partial charge >= 0.3 is 0 Å². The fourth-order valence-corrected chi connectivity index (χ4v) is 2.94. The van der Waals surface area contributed by atoms with Crippen LogP contribution < -0.4 is 16.2 Å². The van der Waals surface area contributed by atoms with Crippen molar-refractivity contribution >= 4 is 11.6 Å². The van der Waals surface area contributed by atoms with Gasteiger partial charge in [-0.05, 0) is 30.8 Å². The number of nitrogens with zero attached hydrogens (tertiary/aromatic N) is 1. The molecule has 0 bridgehead atoms. The number of rotatable bonds is 8. The maximum Gasteiger partial charge on any atom is 0.0515 e. The van der Waals surface area contributed by atoms with Gasteiger partial charge in [0.1, 0.15) is 0 Å². The molecule has 1 aliphatic heterocycles. The third-order valence-electron chi connectivity index (χ3n) is 4.23. The largest absolute Gasteiger partial charge is 0.315 e. The first-order valence-electron chi connectivity index (χ1n) is 7.91. The molecule has 0 amide bonds. The van der Waals surface area contributed by atoms with Crippen molar-refractivity contribution in [2.75, 3.05) is 39.3 Å². The van der Waals surface area contributed by atoms with Gasteiger partial charge in [0.2, 0.25) is 0 Å². The standard InChI is InChI=1S/C16H27ClN4/c1-3-21(4-2)10-9-18-11-14-12-19-20-16(14)13-5-7-15(17)8-6-13/h5-8,14,16,18-20H,3-4,9-12H2,1-2H3. The highest BCUT2D eigenvalue weighted by Gasteiger charge is 2.27. The smallest absolute Gasteiger partial charge is 0.0515 e. The van der Waals surface area contributed by atoms with Gasteiger partial charge in [-0.1, -0.05) is 37.6 Å². The van der Waals surface area contributed by atoms with Crippen LogP contribution in [0, 0.1) is 5.92 Å². The zero-order valence-corrected chi connectivity index (χ0v) is 13.8. The molecule has 2 atom stereocenters. The number of benzene rings is 1. The summed E-state index contributed by atoms with van der Waals surface area (Å²) in [7, 11) is 0. The zero-order valence-electron chi connectivity index (χ0n) is 13.0. The fraction of sp³-hybridized carbons (Fsp3) is 0.625. The molecule has 1 fully saturated rings. The van der Waals surface area contributed by atoms with Crippen molar-refractivity contribution in [3.8, 4) is 0 Å². The number of hydrogen-bond acceptors (Lipinski definition) is 4. The Morgan fingerprint density at radius 3 is 2.62 bits per heavy atom. The van der Waals surface area contributed by atoms with Crippen LogP contribution in [0.4, 0.5) is 0 Å². The molecule has 21 heavy (non-hydrogen) atoms. The van der Waals surface area contributed by atoms with Crippen molar-refractivity contribution in [3.63, 3.8) is 0 Å². The first-order valence-corrected chi connectivity index (χ1v) is 8.29. The van der Waals surface area contributed by atoms with E-state index < -0.39 is 0 Å². The molecule has 0 saturated carbocycles. The summed E-state index contributed by atoms with van der Waals surface area (Å²) in [4.78, 5) is 2.44. The summed E-state index contributed by atoms with van der Waals surface area (Å²) in [6.45, 7) is 10.9. The number of nitrogens with one attached hydrogen (secondary N) is 3. The Labute approximate surface area is 133 Å². The topological polar surface area (TPSA) is 39.3 Å². The van der Waals surface area contributed by atoms with Crippen molar-refractivity contribution in [2.24, 2.45) is 5.92 Å². The highest BCUT2D eigenvalue weighted by molar-refractivity contribution is 6.30. The lowest BCUT2D eigenvalue weighted by atomic mass is 9.95. The molecule has 0 aliphatic carbocycles. The summed E-state index contributed by atoms with van der Waals surface area (Å²) < 4.78 is 0. The molecule has 1 aromatic rings. The molecule has 118 valence electrons. The van der Waals surface area contributed by atoms with Crippen LogP contribution in [0.2, 0.25) is 5.02 Å². The molecule has 2 unspecified atom stereocenters. The van der Waals surface area contributed by atoms with Gasteiger partial charge < -0.3 is 10.2 Å². The maximum absolute atomic E-state index is 5.96. The molecular weight excluding hydrogens is 284 g/mol. The molecule has 2 rings (SSSR count). The molecule has 0 aromatic heterocycles. The van der Waals surface area contributed by atoms with Crippen LogP contribution in [-0.4, -0.2) is 44.2 Å². The second kappa shape index (κ2) is 8.71. The van der Waals surface area contributed by atoms with Gasteiger partial charge in [0.25, 0.3) is 0 Å². The van der Waals surface area contributed by atoms with Crippen molar-refractivity contribution in [2.45, 2.75) is 19.9 Å². The van der Waals surface area contributed by atoms with Gasteiger partial charge in [-0.3, -0.25) is 5.43 Å². The lowest BCUT2D eigenvalue weighted by molar-refractivity contribution is 0.298. The molecule has 1 aliphatic rings. The van der Waals surface area contributed by atoms with Crippen molar-refractivity contribution < 1.29 is 0 Å². The molecule has 0 radical (unpaired) electrons. The van der Waals surface area contributed by atoms with Crippen molar-refractivity contribution in [1.29, 1.82) is 0 Å². The minimum absolute atomic E-state index is 0.350. The first-order chi connectivity index (χ1) is 10.2. The number of halogens is 1. The van der Waals surface area contributed by atoms with E-state index in [9.17, 15) is 0 Å². The lowest BCUT2D eigenvalue weighted by Crippen LogP contribution is -2.35. The summed E-state index contributed by atoms with van der Waals surface area (Å²) in [5, 5.41) is 4.38. The third-order valence-corrected chi connectivity index (χ3v) is 4.48. The summed E-state index contributed by atoms with van der Waals surface area (Å²) in [6, 6.07) is 8.48. The summed E-state index contributed by atoms with van der Waals surface area (Å²) >= 11 is 5.96. The second-order valence-corrected chi connectivity index (χ2v) is 5.98. The zero-order chi connectivity index (χ0) is 15.1. The third kappa shape index (κ3) is 4.94. The highest BCUT2D eigenvalue weighted by atomic mass is 35.5. The van der Waals surface area contributed by atoms with Gasteiger partial charge in [-0.15, -0.1) is 0 Å². The molecule has 1 heterocycles. The quantitative estimate of drug-likeness (QED) is 0.643. The van der Waals surface area contributed by atoms with Crippen LogP contribution >= 0.6 is 11.6 Å². The van der Waals surface area contributed by atoms with E-state index in [0.717, 1.165) is 44.3 Å². The number of hydrazine groups is 1. The molecule has 1 aromatic carbocycles. The minimum atomic E-state index is 0.350. The highest BCUT2D eigenvalue weighted by Crippen LogP contribution is 2.25. The van der Waals surface area contributed by atoms with E-state index in [1.165, 1.54) is 5.56 Å². The SMILES string of the molecule is CCN(CC)CCNCC1CNNC1c1ccc(Cl)cc1. The predicted octanol–water partition coefficient (Wildman–Crippen LogP) is 2.04. The summed E-state index contributed by atoms with van der Waals surface area (Å²) in [5.41, 5.74) is 7.94. The molecule has 1 saturated heterocycles. The Hall–Kier alpha value is -0.650. The van der Waals surface area contributed by atoms with Crippen molar-refractivity contribution in [1.82, 2.24) is 21.1 Å². The van der Waals surface area contributed by atoms with Crippen LogP contribution in [0.1, 0.15) is 25.5 Å². The fourth-order valence-electron chi connectivity index (χ4n) is 2.82. The monoisotopic (exact) mass is 310 g/mol. The van der Waals surface area contributed by atoms with E-state index in [-0.39, 0.29) is 0 Å². The van der Waals surface area contributed by atoms with E-state index in [1.54, 1.807) is 0 Å². The molecule has 3 N–H and O–H groups in total. The van der Waals surface area contributed by atoms with Gasteiger partial charge in [0.05, 0.1) is 6.04 Å². The molecule has 5 heteroatoms. The van der Waals surface area contributed by atoms with E-state index >= 15 is 0 Å². The first kappa shape index (κ1) is 16.7. The van der Waals surface area contributed by atoms with Crippen LogP contribution in [0.15, 0.2) is 24.3 Å². The van der Waals surface area contributed by atoms with Crippen molar-refractivity contribution in [3.05, 3.63) is 34.9 Å². The van der Waals surface area contributed by atoms with E-state index in [4.69, 9.17) is 11.6 Å². The number of likely N-dealkylation sites (N-methyl/N-ethyl adjacent to an activating group) is 1. The maximum atomic E-state index is 5.96. The minimum Gasteiger partial charge on any atom is -0.315 e. The Morgan fingerprint density at radius 2 is 1.95 bits per heavy atom.